The van der Waals surface area contributed by atoms with Crippen molar-refractivity contribution in [3.8, 4) is 0 Å². The normalized spacial score (nSPS) is 16.0. The first-order valence-corrected chi connectivity index (χ1v) is 5.45. The van der Waals surface area contributed by atoms with Crippen LogP contribution in [0.5, 0.6) is 0 Å². The molecular formula is C11H25N3O2. The van der Waals surface area contributed by atoms with Crippen molar-refractivity contribution in [2.45, 2.75) is 31.9 Å². The summed E-state index contributed by atoms with van der Waals surface area (Å²) < 4.78 is 0. The van der Waals surface area contributed by atoms with E-state index in [0.717, 1.165) is 0 Å². The number of nitrogens with zero attached hydrogens (tertiary/aromatic N) is 1. The van der Waals surface area contributed by atoms with E-state index < -0.39 is 11.1 Å². The first kappa shape index (κ1) is 15.3. The number of carbonyl (C=O) groups is 1. The van der Waals surface area contributed by atoms with Crippen LogP contribution in [0.3, 0.4) is 0 Å². The first-order valence-electron chi connectivity index (χ1n) is 5.45. The summed E-state index contributed by atoms with van der Waals surface area (Å²) in [4.78, 5) is 13.6. The summed E-state index contributed by atoms with van der Waals surface area (Å²) in [6.07, 6.45) is 0. The van der Waals surface area contributed by atoms with Crippen LogP contribution in [0.2, 0.25) is 0 Å². The van der Waals surface area contributed by atoms with Gasteiger partial charge in [-0.05, 0) is 41.9 Å². The molecule has 0 aliphatic heterocycles. The van der Waals surface area contributed by atoms with Gasteiger partial charge in [0, 0.05) is 13.1 Å². The predicted molar refractivity (Wildman–Crippen MR) is 65.3 cm³/mol. The van der Waals surface area contributed by atoms with Gasteiger partial charge in [0.15, 0.2) is 0 Å². The fraction of sp³-hybridized carbons (Fsp3) is 0.909. The van der Waals surface area contributed by atoms with Gasteiger partial charge < -0.3 is 20.6 Å². The zero-order chi connectivity index (χ0) is 13.0. The highest BCUT2D eigenvalue weighted by molar-refractivity contribution is 5.85. The van der Waals surface area contributed by atoms with E-state index in [-0.39, 0.29) is 12.5 Å². The molecule has 0 aliphatic carbocycles. The maximum atomic E-state index is 11.7. The lowest BCUT2D eigenvalue weighted by Gasteiger charge is -2.29. The molecule has 0 aromatic rings. The summed E-state index contributed by atoms with van der Waals surface area (Å²) in [6, 6.07) is 0. The third-order valence-electron chi connectivity index (χ3n) is 2.48. The molecule has 0 radical (unpaired) electrons. The molecule has 0 aromatic carbocycles. The Balaban J connectivity index is 4.19. The first-order chi connectivity index (χ1) is 7.10. The molecule has 5 nitrogen and oxygen atoms in total. The maximum absolute atomic E-state index is 11.7. The topological polar surface area (TPSA) is 64.6 Å². The van der Waals surface area contributed by atoms with Crippen LogP contribution in [-0.4, -0.2) is 61.3 Å². The number of aliphatic hydroxyl groups is 1. The van der Waals surface area contributed by atoms with Crippen LogP contribution < -0.4 is 10.6 Å². The van der Waals surface area contributed by atoms with E-state index in [9.17, 15) is 9.90 Å². The van der Waals surface area contributed by atoms with Gasteiger partial charge in [-0.1, -0.05) is 0 Å². The average molecular weight is 231 g/mol. The predicted octanol–water partition coefficient (Wildman–Crippen LogP) is -0.587. The quantitative estimate of drug-likeness (QED) is 0.572. The molecule has 5 heteroatoms. The number of likely N-dealkylation sites (N-methyl/N-ethyl adjacent to an activating group) is 2. The molecule has 16 heavy (non-hydrogen) atoms. The Morgan fingerprint density at radius 3 is 2.19 bits per heavy atom. The summed E-state index contributed by atoms with van der Waals surface area (Å²) in [7, 11) is 5.50. The molecule has 0 saturated carbocycles. The van der Waals surface area contributed by atoms with Gasteiger partial charge in [-0.25, -0.2) is 0 Å². The van der Waals surface area contributed by atoms with Gasteiger partial charge >= 0.3 is 0 Å². The van der Waals surface area contributed by atoms with Crippen LogP contribution in [0.4, 0.5) is 0 Å². The molecule has 0 aromatic heterocycles. The minimum Gasteiger partial charge on any atom is -0.387 e. The van der Waals surface area contributed by atoms with Gasteiger partial charge in [0.2, 0.25) is 5.91 Å². The summed E-state index contributed by atoms with van der Waals surface area (Å²) >= 11 is 0. The SMILES string of the molecule is CNC(C)(C)C(=O)NCC(C)(O)CN(C)C. The lowest BCUT2D eigenvalue weighted by atomic mass is 10.0. The molecule has 0 bridgehead atoms. The molecule has 0 rings (SSSR count). The van der Waals surface area contributed by atoms with Gasteiger partial charge in [0.1, 0.15) is 0 Å². The van der Waals surface area contributed by atoms with E-state index in [1.54, 1.807) is 27.8 Å². The van der Waals surface area contributed by atoms with E-state index in [2.05, 4.69) is 10.6 Å². The molecular weight excluding hydrogens is 206 g/mol. The summed E-state index contributed by atoms with van der Waals surface area (Å²) in [6.45, 7) is 6.05. The molecule has 3 N–H and O–H groups in total. The standard InChI is InChI=1S/C11H25N3O2/c1-10(2,12-4)9(15)13-7-11(3,16)8-14(5)6/h12,16H,7-8H2,1-6H3,(H,13,15). The third-order valence-corrected chi connectivity index (χ3v) is 2.48. The maximum Gasteiger partial charge on any atom is 0.239 e. The molecule has 1 atom stereocenters. The Labute approximate surface area is 98.2 Å². The highest BCUT2D eigenvalue weighted by atomic mass is 16.3. The van der Waals surface area contributed by atoms with Gasteiger partial charge in [-0.2, -0.15) is 0 Å². The minimum atomic E-state index is -0.914. The Morgan fingerprint density at radius 1 is 1.31 bits per heavy atom. The smallest absolute Gasteiger partial charge is 0.239 e. The van der Waals surface area contributed by atoms with Crippen LogP contribution in [0.1, 0.15) is 20.8 Å². The minimum absolute atomic E-state index is 0.117. The molecule has 1 amide bonds. The van der Waals surface area contributed by atoms with E-state index in [1.807, 2.05) is 19.0 Å². The van der Waals surface area contributed by atoms with Gasteiger partial charge in [-0.15, -0.1) is 0 Å². The summed E-state index contributed by atoms with van der Waals surface area (Å²) in [5, 5.41) is 15.7. The molecule has 0 heterocycles. The van der Waals surface area contributed by atoms with Crippen molar-refractivity contribution in [2.24, 2.45) is 0 Å². The number of rotatable bonds is 6. The van der Waals surface area contributed by atoms with Gasteiger partial charge in [0.05, 0.1) is 11.1 Å². The Kier molecular flexibility index (Phi) is 5.38. The highest BCUT2D eigenvalue weighted by Gasteiger charge is 2.28. The number of carbonyl (C=O) groups excluding carboxylic acids is 1. The second-order valence-electron chi connectivity index (χ2n) is 5.29. The van der Waals surface area contributed by atoms with Crippen LogP contribution in [0, 0.1) is 0 Å². The van der Waals surface area contributed by atoms with E-state index in [0.29, 0.717) is 6.54 Å². The lowest BCUT2D eigenvalue weighted by molar-refractivity contribution is -0.127. The Morgan fingerprint density at radius 2 is 1.81 bits per heavy atom. The zero-order valence-corrected chi connectivity index (χ0v) is 11.2. The Bertz CT molecular complexity index is 237. The fourth-order valence-corrected chi connectivity index (χ4v) is 1.34. The van der Waals surface area contributed by atoms with Crippen molar-refractivity contribution in [3.05, 3.63) is 0 Å². The van der Waals surface area contributed by atoms with Crippen molar-refractivity contribution in [2.75, 3.05) is 34.2 Å². The zero-order valence-electron chi connectivity index (χ0n) is 11.2. The van der Waals surface area contributed by atoms with Crippen LogP contribution >= 0.6 is 0 Å². The molecule has 0 spiro atoms. The summed E-state index contributed by atoms with van der Waals surface area (Å²) in [5.74, 6) is -0.117. The Hall–Kier alpha value is -0.650. The summed E-state index contributed by atoms with van der Waals surface area (Å²) in [5.41, 5.74) is -1.53. The molecule has 96 valence electrons. The van der Waals surface area contributed by atoms with Crippen molar-refractivity contribution in [3.63, 3.8) is 0 Å². The number of hydrogen-bond acceptors (Lipinski definition) is 4. The van der Waals surface area contributed by atoms with Crippen LogP contribution in [0.15, 0.2) is 0 Å². The molecule has 0 aliphatic rings. The second kappa shape index (κ2) is 5.61. The third kappa shape index (κ3) is 5.44. The second-order valence-corrected chi connectivity index (χ2v) is 5.29. The van der Waals surface area contributed by atoms with Crippen molar-refractivity contribution in [1.29, 1.82) is 0 Å². The van der Waals surface area contributed by atoms with Gasteiger partial charge in [0.25, 0.3) is 0 Å². The molecule has 0 saturated heterocycles. The van der Waals surface area contributed by atoms with Crippen LogP contribution in [-0.2, 0) is 4.79 Å². The monoisotopic (exact) mass is 231 g/mol. The fourth-order valence-electron chi connectivity index (χ4n) is 1.34. The van der Waals surface area contributed by atoms with Crippen LogP contribution in [0.25, 0.3) is 0 Å². The number of amides is 1. The number of hydrogen-bond donors (Lipinski definition) is 3. The van der Waals surface area contributed by atoms with Crippen molar-refractivity contribution >= 4 is 5.91 Å². The van der Waals surface area contributed by atoms with Gasteiger partial charge in [-0.3, -0.25) is 4.79 Å². The molecule has 0 fully saturated rings. The largest absolute Gasteiger partial charge is 0.387 e. The van der Waals surface area contributed by atoms with Crippen molar-refractivity contribution in [1.82, 2.24) is 15.5 Å². The number of nitrogens with one attached hydrogen (secondary N) is 2. The van der Waals surface area contributed by atoms with E-state index in [4.69, 9.17) is 0 Å². The lowest BCUT2D eigenvalue weighted by Crippen LogP contribution is -2.55. The highest BCUT2D eigenvalue weighted by Crippen LogP contribution is 2.05. The molecule has 1 unspecified atom stereocenters. The van der Waals surface area contributed by atoms with E-state index in [1.165, 1.54) is 0 Å². The van der Waals surface area contributed by atoms with Crippen molar-refractivity contribution < 1.29 is 9.90 Å². The average Bonchev–Trinajstić information content (AvgIpc) is 2.12. The van der Waals surface area contributed by atoms with E-state index >= 15 is 0 Å².